The van der Waals surface area contributed by atoms with E-state index in [2.05, 4.69) is 9.80 Å². The summed E-state index contributed by atoms with van der Waals surface area (Å²) in [6.07, 6.45) is 13.9. The van der Waals surface area contributed by atoms with E-state index in [9.17, 15) is 4.79 Å². The highest BCUT2D eigenvalue weighted by molar-refractivity contribution is 5.94. The summed E-state index contributed by atoms with van der Waals surface area (Å²) in [5, 5.41) is 0. The molecular weight excluding hydrogens is 441 g/mol. The Hall–Kier alpha value is -0.810. The first kappa shape index (κ1) is 25.8. The molecule has 4 atom stereocenters. The molecule has 1 aromatic carbocycles. The SMILES string of the molecule is Cl.Cl.NCc1cccc(C(=O)N2C[C@H]3C[C@@H](C2)[C@H](CC2CCCCC2)N2CCCC[C@@H]32)c1. The van der Waals surface area contributed by atoms with E-state index in [1.165, 1.54) is 70.8 Å². The van der Waals surface area contributed by atoms with Crippen LogP contribution >= 0.6 is 24.8 Å². The summed E-state index contributed by atoms with van der Waals surface area (Å²) in [7, 11) is 0. The van der Waals surface area contributed by atoms with Crippen LogP contribution in [0.3, 0.4) is 0 Å². The van der Waals surface area contributed by atoms with E-state index < -0.39 is 0 Å². The molecule has 4 nitrogen and oxygen atoms in total. The van der Waals surface area contributed by atoms with Gasteiger partial charge in [0.1, 0.15) is 0 Å². The van der Waals surface area contributed by atoms with Crippen molar-refractivity contribution in [3.05, 3.63) is 35.4 Å². The standard InChI is InChI=1S/C26H39N3O.2ClH/c27-16-20-9-6-10-21(13-20)26(30)28-17-22-15-23(18-28)25(14-19-7-2-1-3-8-19)29-12-5-4-11-24(22)29;;/h6,9-10,13,19,22-25H,1-5,7-8,11-12,14-18,27H2;2*1H/t22-,23+,24+,25+;;/m1../s1. The molecule has 1 amide bonds. The van der Waals surface area contributed by atoms with E-state index in [0.717, 1.165) is 30.1 Å². The van der Waals surface area contributed by atoms with Crippen LogP contribution in [0.2, 0.25) is 0 Å². The number of halogens is 2. The van der Waals surface area contributed by atoms with Gasteiger partial charge >= 0.3 is 0 Å². The van der Waals surface area contributed by atoms with Crippen LogP contribution in [-0.4, -0.2) is 47.4 Å². The lowest BCUT2D eigenvalue weighted by molar-refractivity contribution is -0.0725. The van der Waals surface area contributed by atoms with Crippen molar-refractivity contribution in [3.8, 4) is 0 Å². The molecule has 0 spiro atoms. The minimum atomic E-state index is 0. The molecule has 32 heavy (non-hydrogen) atoms. The molecule has 5 rings (SSSR count). The molecule has 4 fully saturated rings. The first-order chi connectivity index (χ1) is 14.7. The van der Waals surface area contributed by atoms with Crippen molar-refractivity contribution in [2.45, 2.75) is 82.8 Å². The van der Waals surface area contributed by atoms with Crippen molar-refractivity contribution in [1.29, 1.82) is 0 Å². The van der Waals surface area contributed by atoms with Gasteiger partial charge in [-0.15, -0.1) is 24.8 Å². The van der Waals surface area contributed by atoms with Crippen LogP contribution in [0.4, 0.5) is 0 Å². The first-order valence-corrected chi connectivity index (χ1v) is 12.6. The van der Waals surface area contributed by atoms with E-state index in [-0.39, 0.29) is 30.7 Å². The number of piperidine rings is 3. The number of carbonyl (C=O) groups is 1. The second-order valence-electron chi connectivity index (χ2n) is 10.5. The summed E-state index contributed by atoms with van der Waals surface area (Å²) in [6.45, 7) is 3.68. The van der Waals surface area contributed by atoms with Crippen molar-refractivity contribution in [3.63, 3.8) is 0 Å². The number of benzene rings is 1. The Labute approximate surface area is 206 Å². The summed E-state index contributed by atoms with van der Waals surface area (Å²) < 4.78 is 0. The molecule has 1 aliphatic carbocycles. The summed E-state index contributed by atoms with van der Waals surface area (Å²) in [5.41, 5.74) is 7.69. The predicted molar refractivity (Wildman–Crippen MR) is 136 cm³/mol. The van der Waals surface area contributed by atoms with Crippen molar-refractivity contribution in [2.24, 2.45) is 23.5 Å². The second kappa shape index (κ2) is 11.6. The van der Waals surface area contributed by atoms with E-state index in [1.54, 1.807) is 0 Å². The van der Waals surface area contributed by atoms with Crippen LogP contribution in [-0.2, 0) is 6.54 Å². The molecule has 6 heteroatoms. The highest BCUT2D eigenvalue weighted by Crippen LogP contribution is 2.44. The van der Waals surface area contributed by atoms with Gasteiger partial charge in [-0.3, -0.25) is 9.69 Å². The smallest absolute Gasteiger partial charge is 0.253 e. The van der Waals surface area contributed by atoms with Gasteiger partial charge in [-0.25, -0.2) is 0 Å². The number of carbonyl (C=O) groups excluding carboxylic acids is 1. The lowest BCUT2D eigenvalue weighted by atomic mass is 9.69. The number of likely N-dealkylation sites (tertiary alicyclic amines) is 1. The maximum Gasteiger partial charge on any atom is 0.253 e. The van der Waals surface area contributed by atoms with Crippen molar-refractivity contribution in [1.82, 2.24) is 9.80 Å². The minimum Gasteiger partial charge on any atom is -0.338 e. The quantitative estimate of drug-likeness (QED) is 0.636. The van der Waals surface area contributed by atoms with E-state index >= 15 is 0 Å². The van der Waals surface area contributed by atoms with E-state index in [1.807, 2.05) is 24.3 Å². The van der Waals surface area contributed by atoms with Crippen LogP contribution in [0.25, 0.3) is 0 Å². The van der Waals surface area contributed by atoms with Gasteiger partial charge in [0.25, 0.3) is 5.91 Å². The Morgan fingerprint density at radius 2 is 1.72 bits per heavy atom. The predicted octanol–water partition coefficient (Wildman–Crippen LogP) is 5.27. The molecular formula is C26H41Cl2N3O. The first-order valence-electron chi connectivity index (χ1n) is 12.6. The molecule has 3 saturated heterocycles. The Kier molecular flexibility index (Phi) is 9.32. The summed E-state index contributed by atoms with van der Waals surface area (Å²) in [6, 6.07) is 9.36. The zero-order valence-electron chi connectivity index (χ0n) is 19.3. The molecule has 3 aliphatic heterocycles. The van der Waals surface area contributed by atoms with Crippen LogP contribution in [0, 0.1) is 17.8 Å². The van der Waals surface area contributed by atoms with Crippen molar-refractivity contribution < 1.29 is 4.79 Å². The maximum absolute atomic E-state index is 13.4. The van der Waals surface area contributed by atoms with Crippen molar-refractivity contribution in [2.75, 3.05) is 19.6 Å². The molecule has 0 radical (unpaired) electrons. The van der Waals surface area contributed by atoms with Gasteiger partial charge in [0.2, 0.25) is 0 Å². The lowest BCUT2D eigenvalue weighted by Crippen LogP contribution is -2.64. The fourth-order valence-corrected chi connectivity index (χ4v) is 7.18. The number of hydrogen-bond donors (Lipinski definition) is 1. The average molecular weight is 483 g/mol. The fraction of sp³-hybridized carbons (Fsp3) is 0.731. The lowest BCUT2D eigenvalue weighted by Gasteiger charge is -2.57. The van der Waals surface area contributed by atoms with Gasteiger partial charge in [-0.1, -0.05) is 50.7 Å². The number of rotatable bonds is 4. The average Bonchev–Trinajstić information content (AvgIpc) is 2.82. The molecule has 1 aromatic rings. The van der Waals surface area contributed by atoms with Gasteiger partial charge in [0, 0.05) is 37.3 Å². The van der Waals surface area contributed by atoms with Crippen molar-refractivity contribution >= 4 is 30.7 Å². The normalized spacial score (nSPS) is 30.6. The van der Waals surface area contributed by atoms with Crippen LogP contribution in [0.1, 0.15) is 80.1 Å². The molecule has 2 bridgehead atoms. The van der Waals surface area contributed by atoms with E-state index in [0.29, 0.717) is 30.5 Å². The number of nitrogens with two attached hydrogens (primary N) is 1. The Morgan fingerprint density at radius 3 is 2.50 bits per heavy atom. The van der Waals surface area contributed by atoms with Gasteiger partial charge in [0.15, 0.2) is 0 Å². The highest BCUT2D eigenvalue weighted by Gasteiger charge is 2.48. The Balaban J connectivity index is 0.00000144. The number of amides is 1. The molecule has 4 aliphatic rings. The highest BCUT2D eigenvalue weighted by atomic mass is 35.5. The van der Waals surface area contributed by atoms with Crippen LogP contribution < -0.4 is 5.73 Å². The number of nitrogens with zero attached hydrogens (tertiary/aromatic N) is 2. The minimum absolute atomic E-state index is 0. The molecule has 0 unspecified atom stereocenters. The number of fused-ring (bicyclic) bond motifs is 4. The van der Waals surface area contributed by atoms with Crippen LogP contribution in [0.15, 0.2) is 24.3 Å². The molecule has 1 saturated carbocycles. The molecule has 180 valence electrons. The Bertz CT molecular complexity index is 754. The fourth-order valence-electron chi connectivity index (χ4n) is 7.18. The molecule has 0 aromatic heterocycles. The second-order valence-corrected chi connectivity index (χ2v) is 10.5. The topological polar surface area (TPSA) is 49.6 Å². The summed E-state index contributed by atoms with van der Waals surface area (Å²) >= 11 is 0. The maximum atomic E-state index is 13.4. The van der Waals surface area contributed by atoms with Gasteiger partial charge < -0.3 is 10.6 Å². The van der Waals surface area contributed by atoms with Gasteiger partial charge in [-0.05, 0) is 67.7 Å². The molecule has 3 heterocycles. The third kappa shape index (κ3) is 5.29. The third-order valence-corrected chi connectivity index (χ3v) is 8.62. The zero-order chi connectivity index (χ0) is 20.5. The van der Waals surface area contributed by atoms with Crippen LogP contribution in [0.5, 0.6) is 0 Å². The van der Waals surface area contributed by atoms with E-state index in [4.69, 9.17) is 5.73 Å². The third-order valence-electron chi connectivity index (χ3n) is 8.62. The Morgan fingerprint density at radius 1 is 0.969 bits per heavy atom. The largest absolute Gasteiger partial charge is 0.338 e. The summed E-state index contributed by atoms with van der Waals surface area (Å²) in [4.78, 5) is 18.6. The van der Waals surface area contributed by atoms with Gasteiger partial charge in [-0.2, -0.15) is 0 Å². The number of hydrogen-bond acceptors (Lipinski definition) is 3. The molecule has 2 N–H and O–H groups in total. The monoisotopic (exact) mass is 481 g/mol. The summed E-state index contributed by atoms with van der Waals surface area (Å²) in [5.74, 6) is 2.45. The van der Waals surface area contributed by atoms with Gasteiger partial charge in [0.05, 0.1) is 0 Å². The zero-order valence-corrected chi connectivity index (χ0v) is 20.9.